The minimum atomic E-state index is -3.10. The van der Waals surface area contributed by atoms with Gasteiger partial charge in [0, 0.05) is 12.3 Å². The van der Waals surface area contributed by atoms with Crippen molar-refractivity contribution < 1.29 is 12.8 Å². The average Bonchev–Trinajstić information content (AvgIpc) is 2.19. The summed E-state index contributed by atoms with van der Waals surface area (Å²) in [7, 11) is -3.10. The van der Waals surface area contributed by atoms with E-state index in [2.05, 4.69) is 5.32 Å². The van der Waals surface area contributed by atoms with Crippen molar-refractivity contribution >= 4 is 9.84 Å². The summed E-state index contributed by atoms with van der Waals surface area (Å²) in [6.07, 6.45) is 1.18. The van der Waals surface area contributed by atoms with Crippen molar-refractivity contribution in [2.45, 2.75) is 19.9 Å². The van der Waals surface area contributed by atoms with Crippen molar-refractivity contribution in [1.82, 2.24) is 5.32 Å². The van der Waals surface area contributed by atoms with Gasteiger partial charge in [-0.05, 0) is 30.7 Å². The Kier molecular flexibility index (Phi) is 4.65. The van der Waals surface area contributed by atoms with Crippen LogP contribution in [0.4, 0.5) is 4.39 Å². The Morgan fingerprint density at radius 3 is 2.53 bits per heavy atom. The van der Waals surface area contributed by atoms with Crippen LogP contribution in [0.1, 0.15) is 24.1 Å². The standard InChI is InChI=1S/C12H18FNO2S/c1-4-14-12(8-17(3,15)16)10-6-5-9(2)11(13)7-10/h5-7,12,14H,4,8H2,1-3H3. The van der Waals surface area contributed by atoms with E-state index in [4.69, 9.17) is 0 Å². The molecule has 0 aliphatic carbocycles. The smallest absolute Gasteiger partial charge is 0.149 e. The lowest BCUT2D eigenvalue weighted by molar-refractivity contribution is 0.557. The molecule has 1 unspecified atom stereocenters. The molecule has 0 amide bonds. The second kappa shape index (κ2) is 5.60. The fraction of sp³-hybridized carbons (Fsp3) is 0.500. The van der Waals surface area contributed by atoms with Gasteiger partial charge in [0.25, 0.3) is 0 Å². The molecular weight excluding hydrogens is 241 g/mol. The van der Waals surface area contributed by atoms with Crippen LogP contribution >= 0.6 is 0 Å². The molecule has 0 bridgehead atoms. The van der Waals surface area contributed by atoms with Crippen molar-refractivity contribution in [3.05, 3.63) is 35.1 Å². The Hall–Kier alpha value is -0.940. The number of halogens is 1. The Balaban J connectivity index is 3.01. The van der Waals surface area contributed by atoms with Crippen molar-refractivity contribution in [3.8, 4) is 0 Å². The van der Waals surface area contributed by atoms with E-state index in [1.165, 1.54) is 12.3 Å². The highest BCUT2D eigenvalue weighted by atomic mass is 32.2. The van der Waals surface area contributed by atoms with Crippen LogP contribution in [0.15, 0.2) is 18.2 Å². The first-order valence-corrected chi connectivity index (χ1v) is 7.56. The van der Waals surface area contributed by atoms with Crippen LogP contribution in [0.3, 0.4) is 0 Å². The molecule has 0 fully saturated rings. The van der Waals surface area contributed by atoms with Crippen molar-refractivity contribution in [3.63, 3.8) is 0 Å². The number of benzene rings is 1. The van der Waals surface area contributed by atoms with Gasteiger partial charge in [0.2, 0.25) is 0 Å². The maximum Gasteiger partial charge on any atom is 0.149 e. The number of rotatable bonds is 5. The Labute approximate surface area is 102 Å². The second-order valence-corrected chi connectivity index (χ2v) is 6.40. The molecule has 1 rings (SSSR count). The number of sulfone groups is 1. The van der Waals surface area contributed by atoms with Gasteiger partial charge in [-0.15, -0.1) is 0 Å². The first kappa shape index (κ1) is 14.1. The van der Waals surface area contributed by atoms with E-state index >= 15 is 0 Å². The van der Waals surface area contributed by atoms with Crippen LogP contribution in [0, 0.1) is 12.7 Å². The van der Waals surface area contributed by atoms with E-state index in [9.17, 15) is 12.8 Å². The molecule has 96 valence electrons. The van der Waals surface area contributed by atoms with Crippen molar-refractivity contribution in [2.75, 3.05) is 18.6 Å². The Morgan fingerprint density at radius 1 is 1.41 bits per heavy atom. The van der Waals surface area contributed by atoms with Gasteiger partial charge in [0.05, 0.1) is 5.75 Å². The minimum Gasteiger partial charge on any atom is -0.309 e. The zero-order valence-corrected chi connectivity index (χ0v) is 11.1. The van der Waals surface area contributed by atoms with Crippen molar-refractivity contribution in [1.29, 1.82) is 0 Å². The predicted molar refractivity (Wildman–Crippen MR) is 67.3 cm³/mol. The third kappa shape index (κ3) is 4.44. The third-order valence-corrected chi connectivity index (χ3v) is 3.46. The molecule has 1 aromatic carbocycles. The molecule has 0 spiro atoms. The van der Waals surface area contributed by atoms with Gasteiger partial charge >= 0.3 is 0 Å². The summed E-state index contributed by atoms with van der Waals surface area (Å²) in [5.41, 5.74) is 1.23. The summed E-state index contributed by atoms with van der Waals surface area (Å²) >= 11 is 0. The molecule has 3 nitrogen and oxygen atoms in total. The minimum absolute atomic E-state index is 0.0245. The molecule has 17 heavy (non-hydrogen) atoms. The van der Waals surface area contributed by atoms with Crippen LogP contribution < -0.4 is 5.32 Å². The lowest BCUT2D eigenvalue weighted by atomic mass is 10.1. The number of hydrogen-bond acceptors (Lipinski definition) is 3. The van der Waals surface area contributed by atoms with E-state index in [1.807, 2.05) is 6.92 Å². The highest BCUT2D eigenvalue weighted by Crippen LogP contribution is 2.18. The molecule has 1 N–H and O–H groups in total. The zero-order chi connectivity index (χ0) is 13.1. The summed E-state index contributed by atoms with van der Waals surface area (Å²) in [6.45, 7) is 4.20. The summed E-state index contributed by atoms with van der Waals surface area (Å²) in [6, 6.07) is 4.47. The normalized spacial score (nSPS) is 13.6. The monoisotopic (exact) mass is 259 g/mol. The summed E-state index contributed by atoms with van der Waals surface area (Å²) < 4.78 is 36.1. The molecule has 0 aliphatic heterocycles. The van der Waals surface area contributed by atoms with E-state index in [0.29, 0.717) is 17.7 Å². The first-order valence-electron chi connectivity index (χ1n) is 5.50. The SMILES string of the molecule is CCNC(CS(C)(=O)=O)c1ccc(C)c(F)c1. The van der Waals surface area contributed by atoms with Gasteiger partial charge in [-0.3, -0.25) is 0 Å². The predicted octanol–water partition coefficient (Wildman–Crippen LogP) is 1.83. The number of hydrogen-bond donors (Lipinski definition) is 1. The lowest BCUT2D eigenvalue weighted by Crippen LogP contribution is -2.27. The van der Waals surface area contributed by atoms with Crippen LogP contribution in [0.25, 0.3) is 0 Å². The summed E-state index contributed by atoms with van der Waals surface area (Å²) in [5.74, 6) is -0.331. The Bertz CT molecular complexity index is 485. The molecule has 1 atom stereocenters. The molecule has 0 aliphatic rings. The van der Waals surface area contributed by atoms with Gasteiger partial charge in [-0.1, -0.05) is 19.1 Å². The summed E-state index contributed by atoms with van der Waals surface area (Å²) in [4.78, 5) is 0. The average molecular weight is 259 g/mol. The molecule has 5 heteroatoms. The quantitative estimate of drug-likeness (QED) is 0.877. The fourth-order valence-corrected chi connectivity index (χ4v) is 2.56. The van der Waals surface area contributed by atoms with Gasteiger partial charge in [-0.2, -0.15) is 0 Å². The molecule has 0 saturated heterocycles. The molecular formula is C12H18FNO2S. The van der Waals surface area contributed by atoms with Crippen LogP contribution in [-0.4, -0.2) is 27.0 Å². The van der Waals surface area contributed by atoms with Gasteiger partial charge < -0.3 is 5.32 Å². The molecule has 0 radical (unpaired) electrons. The topological polar surface area (TPSA) is 46.2 Å². The second-order valence-electron chi connectivity index (χ2n) is 4.21. The van der Waals surface area contributed by atoms with E-state index in [-0.39, 0.29) is 17.6 Å². The maximum absolute atomic E-state index is 13.4. The number of nitrogens with one attached hydrogen (secondary N) is 1. The number of aryl methyl sites for hydroxylation is 1. The molecule has 0 aromatic heterocycles. The highest BCUT2D eigenvalue weighted by Gasteiger charge is 2.17. The van der Waals surface area contributed by atoms with Crippen LogP contribution in [0.2, 0.25) is 0 Å². The zero-order valence-electron chi connectivity index (χ0n) is 10.3. The van der Waals surface area contributed by atoms with E-state index < -0.39 is 9.84 Å². The Morgan fingerprint density at radius 2 is 2.06 bits per heavy atom. The fourth-order valence-electron chi connectivity index (χ4n) is 1.65. The lowest BCUT2D eigenvalue weighted by Gasteiger charge is -2.17. The molecule has 0 heterocycles. The van der Waals surface area contributed by atoms with E-state index in [0.717, 1.165) is 0 Å². The largest absolute Gasteiger partial charge is 0.309 e. The first-order chi connectivity index (χ1) is 7.83. The highest BCUT2D eigenvalue weighted by molar-refractivity contribution is 7.90. The van der Waals surface area contributed by atoms with Crippen LogP contribution in [-0.2, 0) is 9.84 Å². The van der Waals surface area contributed by atoms with E-state index in [1.54, 1.807) is 19.1 Å². The van der Waals surface area contributed by atoms with Gasteiger partial charge in [0.15, 0.2) is 0 Å². The van der Waals surface area contributed by atoms with Crippen LogP contribution in [0.5, 0.6) is 0 Å². The third-order valence-electron chi connectivity index (χ3n) is 2.52. The van der Waals surface area contributed by atoms with Gasteiger partial charge in [-0.25, -0.2) is 12.8 Å². The summed E-state index contributed by atoms with van der Waals surface area (Å²) in [5, 5.41) is 3.06. The molecule has 0 saturated carbocycles. The van der Waals surface area contributed by atoms with Gasteiger partial charge in [0.1, 0.15) is 15.7 Å². The molecule has 1 aromatic rings. The van der Waals surface area contributed by atoms with Crippen molar-refractivity contribution in [2.24, 2.45) is 0 Å². The maximum atomic E-state index is 13.4.